The molecule has 0 saturated carbocycles. The van der Waals surface area contributed by atoms with E-state index in [4.69, 9.17) is 9.57 Å². The van der Waals surface area contributed by atoms with E-state index in [2.05, 4.69) is 5.16 Å². The Balaban J connectivity index is 1.74. The summed E-state index contributed by atoms with van der Waals surface area (Å²) in [7, 11) is 1.62. The van der Waals surface area contributed by atoms with Gasteiger partial charge in [-0.05, 0) is 29.8 Å². The van der Waals surface area contributed by atoms with Crippen LogP contribution in [0.5, 0.6) is 5.75 Å². The molecule has 3 aromatic rings. The van der Waals surface area contributed by atoms with Gasteiger partial charge in [-0.2, -0.15) is 0 Å². The average Bonchev–Trinajstić information content (AvgIpc) is 3.19. The van der Waals surface area contributed by atoms with E-state index in [1.165, 1.54) is 0 Å². The molecule has 4 rings (SSSR count). The van der Waals surface area contributed by atoms with Gasteiger partial charge in [-0.3, -0.25) is 4.79 Å². The van der Waals surface area contributed by atoms with Crippen molar-refractivity contribution in [1.82, 2.24) is 0 Å². The molecule has 0 bridgehead atoms. The summed E-state index contributed by atoms with van der Waals surface area (Å²) < 4.78 is 5.23. The third kappa shape index (κ3) is 3.34. The summed E-state index contributed by atoms with van der Waals surface area (Å²) in [5, 5.41) is 4.30. The minimum atomic E-state index is -0.511. The molecule has 0 saturated heterocycles. The second-order valence-corrected chi connectivity index (χ2v) is 6.35. The number of Topliss-reactive ketones (excluding diaryl/α,β-unsaturated/α-hetero) is 1. The second-order valence-electron chi connectivity index (χ2n) is 6.35. The standard InChI is InChI=1S/C23H19NO3/c1-26-19-14-12-16(13-15-19)21-20(22(25)17-8-4-2-5-9-17)23(27-24-21)18-10-6-3-7-11-18/h2-15,20,23H,1H3. The van der Waals surface area contributed by atoms with Crippen molar-refractivity contribution in [3.05, 3.63) is 102 Å². The van der Waals surface area contributed by atoms with E-state index in [1.807, 2.05) is 84.9 Å². The first kappa shape index (κ1) is 17.0. The van der Waals surface area contributed by atoms with Crippen LogP contribution in [0.4, 0.5) is 0 Å². The van der Waals surface area contributed by atoms with Gasteiger partial charge in [-0.25, -0.2) is 0 Å². The Morgan fingerprint density at radius 2 is 1.52 bits per heavy atom. The van der Waals surface area contributed by atoms with Gasteiger partial charge < -0.3 is 9.57 Å². The Hall–Kier alpha value is -3.40. The lowest BCUT2D eigenvalue weighted by Crippen LogP contribution is -2.27. The van der Waals surface area contributed by atoms with Gasteiger partial charge >= 0.3 is 0 Å². The molecule has 0 aliphatic carbocycles. The Morgan fingerprint density at radius 1 is 0.889 bits per heavy atom. The van der Waals surface area contributed by atoms with Crippen LogP contribution in [0.15, 0.2) is 90.1 Å². The molecule has 134 valence electrons. The molecule has 2 atom stereocenters. The monoisotopic (exact) mass is 357 g/mol. The molecule has 0 amide bonds. The van der Waals surface area contributed by atoms with Gasteiger partial charge in [0.25, 0.3) is 0 Å². The Kier molecular flexibility index (Phi) is 4.71. The molecule has 4 heteroatoms. The topological polar surface area (TPSA) is 47.9 Å². The summed E-state index contributed by atoms with van der Waals surface area (Å²) in [5.74, 6) is 0.239. The number of carbonyl (C=O) groups excluding carboxylic acids is 1. The molecular weight excluding hydrogens is 338 g/mol. The van der Waals surface area contributed by atoms with Crippen LogP contribution < -0.4 is 4.74 Å². The lowest BCUT2D eigenvalue weighted by atomic mass is 9.83. The van der Waals surface area contributed by atoms with E-state index < -0.39 is 12.0 Å². The maximum atomic E-state index is 13.4. The highest BCUT2D eigenvalue weighted by Gasteiger charge is 2.41. The highest BCUT2D eigenvalue weighted by molar-refractivity contribution is 6.19. The fourth-order valence-corrected chi connectivity index (χ4v) is 3.31. The predicted octanol–water partition coefficient (Wildman–Crippen LogP) is 4.67. The third-order valence-corrected chi connectivity index (χ3v) is 4.72. The van der Waals surface area contributed by atoms with E-state index >= 15 is 0 Å². The van der Waals surface area contributed by atoms with Crippen molar-refractivity contribution in [3.8, 4) is 5.75 Å². The van der Waals surface area contributed by atoms with E-state index in [0.717, 1.165) is 16.9 Å². The van der Waals surface area contributed by atoms with Crippen LogP contribution in [0.1, 0.15) is 27.6 Å². The maximum Gasteiger partial charge on any atom is 0.176 e. The quantitative estimate of drug-likeness (QED) is 0.624. The number of rotatable bonds is 5. The van der Waals surface area contributed by atoms with E-state index in [0.29, 0.717) is 11.3 Å². The van der Waals surface area contributed by atoms with Crippen molar-refractivity contribution in [2.75, 3.05) is 7.11 Å². The van der Waals surface area contributed by atoms with Gasteiger partial charge in [0, 0.05) is 11.1 Å². The SMILES string of the molecule is COc1ccc(C2=NOC(c3ccccc3)C2C(=O)c2ccccc2)cc1. The van der Waals surface area contributed by atoms with Crippen LogP contribution in [0.3, 0.4) is 0 Å². The number of nitrogens with zero attached hydrogens (tertiary/aromatic N) is 1. The van der Waals surface area contributed by atoms with Gasteiger partial charge in [0.2, 0.25) is 0 Å². The molecule has 1 heterocycles. The van der Waals surface area contributed by atoms with Crippen molar-refractivity contribution < 1.29 is 14.4 Å². The van der Waals surface area contributed by atoms with Crippen LogP contribution in [0.25, 0.3) is 0 Å². The first-order valence-corrected chi connectivity index (χ1v) is 8.80. The molecule has 27 heavy (non-hydrogen) atoms. The first-order chi connectivity index (χ1) is 13.3. The normalized spacial score (nSPS) is 18.5. The summed E-state index contributed by atoms with van der Waals surface area (Å²) in [6, 6.07) is 26.5. The molecular formula is C23H19NO3. The van der Waals surface area contributed by atoms with Gasteiger partial charge in [-0.1, -0.05) is 65.8 Å². The van der Waals surface area contributed by atoms with Gasteiger partial charge in [-0.15, -0.1) is 0 Å². The molecule has 3 aromatic carbocycles. The minimum Gasteiger partial charge on any atom is -0.497 e. The van der Waals surface area contributed by atoms with Crippen LogP contribution in [-0.4, -0.2) is 18.6 Å². The van der Waals surface area contributed by atoms with Crippen LogP contribution in [0, 0.1) is 5.92 Å². The fourth-order valence-electron chi connectivity index (χ4n) is 3.31. The summed E-state index contributed by atoms with van der Waals surface area (Å²) in [6.07, 6.45) is -0.448. The number of hydrogen-bond donors (Lipinski definition) is 0. The van der Waals surface area contributed by atoms with E-state index in [9.17, 15) is 4.79 Å². The van der Waals surface area contributed by atoms with Crippen LogP contribution >= 0.6 is 0 Å². The lowest BCUT2D eigenvalue weighted by molar-refractivity contribution is 0.0533. The zero-order valence-corrected chi connectivity index (χ0v) is 14.9. The van der Waals surface area contributed by atoms with Crippen molar-refractivity contribution in [3.63, 3.8) is 0 Å². The Bertz CT molecular complexity index is 950. The molecule has 2 unspecified atom stereocenters. The molecule has 4 nitrogen and oxygen atoms in total. The maximum absolute atomic E-state index is 13.4. The fraction of sp³-hybridized carbons (Fsp3) is 0.130. The number of hydrogen-bond acceptors (Lipinski definition) is 4. The van der Waals surface area contributed by atoms with Crippen molar-refractivity contribution in [2.45, 2.75) is 6.10 Å². The number of oxime groups is 1. The summed E-state index contributed by atoms with van der Waals surface area (Å²) in [6.45, 7) is 0. The van der Waals surface area contributed by atoms with Gasteiger partial charge in [0.1, 0.15) is 17.4 Å². The zero-order chi connectivity index (χ0) is 18.6. The molecule has 0 fully saturated rings. The molecule has 1 aliphatic heterocycles. The zero-order valence-electron chi connectivity index (χ0n) is 14.9. The predicted molar refractivity (Wildman–Crippen MR) is 104 cm³/mol. The molecule has 1 aliphatic rings. The number of carbonyl (C=O) groups is 1. The van der Waals surface area contributed by atoms with Crippen molar-refractivity contribution in [1.29, 1.82) is 0 Å². The Morgan fingerprint density at radius 3 is 2.15 bits per heavy atom. The number of ether oxygens (including phenoxy) is 1. The summed E-state index contributed by atoms with van der Waals surface area (Å²) in [5.41, 5.74) is 3.07. The van der Waals surface area contributed by atoms with E-state index in [1.54, 1.807) is 7.11 Å². The number of methoxy groups -OCH3 is 1. The van der Waals surface area contributed by atoms with Crippen LogP contribution in [0.2, 0.25) is 0 Å². The Labute approximate surface area is 158 Å². The van der Waals surface area contributed by atoms with Crippen LogP contribution in [-0.2, 0) is 4.84 Å². The summed E-state index contributed by atoms with van der Waals surface area (Å²) >= 11 is 0. The molecule has 0 N–H and O–H groups in total. The lowest BCUT2D eigenvalue weighted by Gasteiger charge is -2.18. The minimum absolute atomic E-state index is 0.00322. The highest BCUT2D eigenvalue weighted by Crippen LogP contribution is 2.37. The highest BCUT2D eigenvalue weighted by atomic mass is 16.6. The smallest absolute Gasteiger partial charge is 0.176 e. The largest absolute Gasteiger partial charge is 0.497 e. The molecule has 0 radical (unpaired) electrons. The van der Waals surface area contributed by atoms with E-state index in [-0.39, 0.29) is 5.78 Å². The average molecular weight is 357 g/mol. The summed E-state index contributed by atoms with van der Waals surface area (Å²) in [4.78, 5) is 19.1. The third-order valence-electron chi connectivity index (χ3n) is 4.72. The second kappa shape index (κ2) is 7.46. The van der Waals surface area contributed by atoms with Gasteiger partial charge in [0.05, 0.1) is 7.11 Å². The number of ketones is 1. The molecule has 0 aromatic heterocycles. The number of benzene rings is 3. The molecule has 0 spiro atoms. The van der Waals surface area contributed by atoms with Crippen molar-refractivity contribution >= 4 is 11.5 Å². The van der Waals surface area contributed by atoms with Gasteiger partial charge in [0.15, 0.2) is 11.9 Å². The van der Waals surface area contributed by atoms with Crippen molar-refractivity contribution in [2.24, 2.45) is 11.1 Å². The first-order valence-electron chi connectivity index (χ1n) is 8.80.